The van der Waals surface area contributed by atoms with Gasteiger partial charge >= 0.3 is 6.03 Å². The summed E-state index contributed by atoms with van der Waals surface area (Å²) in [6, 6.07) is 0.249. The van der Waals surface area contributed by atoms with Gasteiger partial charge in [-0.25, -0.2) is 14.8 Å². The van der Waals surface area contributed by atoms with Crippen molar-refractivity contribution >= 4 is 23.5 Å². The molecule has 0 bridgehead atoms. The average Bonchev–Trinajstić information content (AvgIpc) is 3.27. The van der Waals surface area contributed by atoms with E-state index in [0.29, 0.717) is 11.6 Å². The van der Waals surface area contributed by atoms with Gasteiger partial charge in [0.2, 0.25) is 0 Å². The molecule has 2 heterocycles. The number of carbonyl (C=O) groups excluding carboxylic acids is 1. The molecule has 1 N–H and O–H groups in total. The van der Waals surface area contributed by atoms with Gasteiger partial charge in [0, 0.05) is 24.3 Å². The van der Waals surface area contributed by atoms with E-state index in [1.54, 1.807) is 12.4 Å². The van der Waals surface area contributed by atoms with Crippen LogP contribution in [0, 0.1) is 0 Å². The molecule has 2 amide bonds. The molecule has 1 aliphatic carbocycles. The molecule has 20 heavy (non-hydrogen) atoms. The molecule has 1 atom stereocenters. The number of hydrogen-bond acceptors (Lipinski definition) is 4. The maximum absolute atomic E-state index is 12.3. The van der Waals surface area contributed by atoms with Crippen molar-refractivity contribution in [2.45, 2.75) is 38.1 Å². The van der Waals surface area contributed by atoms with Crippen molar-refractivity contribution in [3.63, 3.8) is 0 Å². The maximum atomic E-state index is 12.3. The van der Waals surface area contributed by atoms with Crippen LogP contribution >= 0.6 is 11.8 Å². The minimum Gasteiger partial charge on any atom is -0.321 e. The fraction of sp³-hybridized carbons (Fsp3) is 0.643. The second-order valence-corrected chi connectivity index (χ2v) is 6.70. The molecular weight excluding hydrogens is 272 g/mol. The number of anilines is 1. The summed E-state index contributed by atoms with van der Waals surface area (Å²) >= 11 is 1.91. The lowest BCUT2D eigenvalue weighted by Gasteiger charge is -2.26. The summed E-state index contributed by atoms with van der Waals surface area (Å²) < 4.78 is 0. The van der Waals surface area contributed by atoms with Crippen LogP contribution in [-0.2, 0) is 0 Å². The first-order chi connectivity index (χ1) is 9.74. The molecule has 2 aliphatic rings. The number of nitrogens with one attached hydrogen (secondary N) is 1. The Morgan fingerprint density at radius 2 is 2.05 bits per heavy atom. The topological polar surface area (TPSA) is 58.1 Å². The first kappa shape index (κ1) is 13.7. The predicted octanol–water partition coefficient (Wildman–Crippen LogP) is 2.71. The zero-order chi connectivity index (χ0) is 13.9. The molecule has 6 heteroatoms. The molecular formula is C14H20N4OS. The van der Waals surface area contributed by atoms with Gasteiger partial charge in [0.05, 0.1) is 18.1 Å². The van der Waals surface area contributed by atoms with Crippen LogP contribution in [0.1, 0.15) is 37.9 Å². The standard InChI is InChI=1S/C14H20N4OS/c1-10-4-6-20-7-5-18(10)14(19)17-12-8-15-13(16-9-12)11-2-3-11/h8-11H,2-7H2,1H3,(H,17,19). The summed E-state index contributed by atoms with van der Waals surface area (Å²) in [5, 5.41) is 2.91. The van der Waals surface area contributed by atoms with Crippen LogP contribution in [0.2, 0.25) is 0 Å². The van der Waals surface area contributed by atoms with Crippen molar-refractivity contribution in [1.82, 2.24) is 14.9 Å². The number of carbonyl (C=O) groups is 1. The van der Waals surface area contributed by atoms with Crippen molar-refractivity contribution in [2.75, 3.05) is 23.4 Å². The molecule has 1 saturated heterocycles. The van der Waals surface area contributed by atoms with Gasteiger partial charge in [0.15, 0.2) is 0 Å². The maximum Gasteiger partial charge on any atom is 0.322 e. The van der Waals surface area contributed by atoms with Gasteiger partial charge in [-0.3, -0.25) is 0 Å². The quantitative estimate of drug-likeness (QED) is 0.910. The van der Waals surface area contributed by atoms with Crippen molar-refractivity contribution in [2.24, 2.45) is 0 Å². The number of rotatable bonds is 2. The Morgan fingerprint density at radius 3 is 2.75 bits per heavy atom. The van der Waals surface area contributed by atoms with Gasteiger partial charge in [0.1, 0.15) is 5.82 Å². The first-order valence-electron chi connectivity index (χ1n) is 7.21. The van der Waals surface area contributed by atoms with Gasteiger partial charge in [-0.2, -0.15) is 11.8 Å². The predicted molar refractivity (Wildman–Crippen MR) is 81.1 cm³/mol. The molecule has 5 nitrogen and oxygen atoms in total. The van der Waals surface area contributed by atoms with E-state index in [-0.39, 0.29) is 12.1 Å². The third kappa shape index (κ3) is 3.23. The molecule has 1 aliphatic heterocycles. The normalized spacial score (nSPS) is 23.2. The lowest BCUT2D eigenvalue weighted by Crippen LogP contribution is -2.42. The highest BCUT2D eigenvalue weighted by atomic mass is 32.2. The number of thioether (sulfide) groups is 1. The fourth-order valence-electron chi connectivity index (χ4n) is 2.35. The second kappa shape index (κ2) is 5.99. The van der Waals surface area contributed by atoms with Gasteiger partial charge in [-0.05, 0) is 31.9 Å². The zero-order valence-electron chi connectivity index (χ0n) is 11.7. The van der Waals surface area contributed by atoms with Crippen molar-refractivity contribution in [3.8, 4) is 0 Å². The molecule has 0 radical (unpaired) electrons. The fourth-order valence-corrected chi connectivity index (χ4v) is 3.38. The van der Waals surface area contributed by atoms with Crippen molar-refractivity contribution in [3.05, 3.63) is 18.2 Å². The SMILES string of the molecule is CC1CCSCCN1C(=O)Nc1cnc(C2CC2)nc1. The molecule has 1 aromatic heterocycles. The molecule has 0 spiro atoms. The van der Waals surface area contributed by atoms with E-state index in [1.165, 1.54) is 12.8 Å². The Labute approximate surface area is 123 Å². The van der Waals surface area contributed by atoms with Crippen LogP contribution in [0.3, 0.4) is 0 Å². The molecule has 2 fully saturated rings. The Morgan fingerprint density at radius 1 is 1.30 bits per heavy atom. The van der Waals surface area contributed by atoms with Gasteiger partial charge < -0.3 is 10.2 Å². The van der Waals surface area contributed by atoms with E-state index in [1.807, 2.05) is 16.7 Å². The third-order valence-corrected chi connectivity index (χ3v) is 4.81. The Kier molecular flexibility index (Phi) is 4.10. The van der Waals surface area contributed by atoms with E-state index in [9.17, 15) is 4.79 Å². The Balaban J connectivity index is 1.61. The number of hydrogen-bond donors (Lipinski definition) is 1. The first-order valence-corrected chi connectivity index (χ1v) is 8.37. The second-order valence-electron chi connectivity index (χ2n) is 5.48. The van der Waals surface area contributed by atoms with E-state index >= 15 is 0 Å². The van der Waals surface area contributed by atoms with Crippen molar-refractivity contribution in [1.29, 1.82) is 0 Å². The highest BCUT2D eigenvalue weighted by molar-refractivity contribution is 7.99. The summed E-state index contributed by atoms with van der Waals surface area (Å²) in [4.78, 5) is 22.9. The minimum absolute atomic E-state index is 0.0391. The summed E-state index contributed by atoms with van der Waals surface area (Å²) in [6.07, 6.45) is 6.87. The Hall–Kier alpha value is -1.30. The van der Waals surface area contributed by atoms with Gasteiger partial charge in [-0.15, -0.1) is 0 Å². The highest BCUT2D eigenvalue weighted by Gasteiger charge is 2.26. The average molecular weight is 292 g/mol. The highest BCUT2D eigenvalue weighted by Crippen LogP contribution is 2.37. The van der Waals surface area contributed by atoms with Crippen LogP contribution in [0.4, 0.5) is 10.5 Å². The lowest BCUT2D eigenvalue weighted by molar-refractivity contribution is 0.197. The van der Waals surface area contributed by atoms with Crippen LogP contribution < -0.4 is 5.32 Å². The van der Waals surface area contributed by atoms with E-state index < -0.39 is 0 Å². The number of aromatic nitrogens is 2. The largest absolute Gasteiger partial charge is 0.322 e. The summed E-state index contributed by atoms with van der Waals surface area (Å²) in [6.45, 7) is 2.91. The Bertz CT molecular complexity index is 475. The smallest absolute Gasteiger partial charge is 0.321 e. The molecule has 1 unspecified atom stereocenters. The van der Waals surface area contributed by atoms with Crippen LogP contribution in [0.15, 0.2) is 12.4 Å². The van der Waals surface area contributed by atoms with Crippen LogP contribution in [0.5, 0.6) is 0 Å². The van der Waals surface area contributed by atoms with E-state index in [4.69, 9.17) is 0 Å². The molecule has 1 aromatic rings. The van der Waals surface area contributed by atoms with Gasteiger partial charge in [0.25, 0.3) is 0 Å². The molecule has 3 rings (SSSR count). The van der Waals surface area contributed by atoms with Gasteiger partial charge in [-0.1, -0.05) is 0 Å². The minimum atomic E-state index is -0.0391. The molecule has 1 saturated carbocycles. The zero-order valence-corrected chi connectivity index (χ0v) is 12.5. The monoisotopic (exact) mass is 292 g/mol. The summed E-state index contributed by atoms with van der Waals surface area (Å²) in [5.41, 5.74) is 0.684. The lowest BCUT2D eigenvalue weighted by atomic mass is 10.2. The summed E-state index contributed by atoms with van der Waals surface area (Å²) in [7, 11) is 0. The van der Waals surface area contributed by atoms with E-state index in [2.05, 4.69) is 22.2 Å². The van der Waals surface area contributed by atoms with E-state index in [0.717, 1.165) is 30.3 Å². The molecule has 108 valence electrons. The molecule has 0 aromatic carbocycles. The number of amides is 2. The number of urea groups is 1. The summed E-state index contributed by atoms with van der Waals surface area (Å²) in [5.74, 6) is 3.59. The van der Waals surface area contributed by atoms with Crippen LogP contribution in [0.25, 0.3) is 0 Å². The van der Waals surface area contributed by atoms with Crippen molar-refractivity contribution < 1.29 is 4.79 Å². The number of nitrogens with zero attached hydrogens (tertiary/aromatic N) is 3. The van der Waals surface area contributed by atoms with Crippen LogP contribution in [-0.4, -0.2) is 45.0 Å². The third-order valence-electron chi connectivity index (χ3n) is 3.81.